The molecular weight excluding hydrogens is 480 g/mol. The topological polar surface area (TPSA) is 75.0 Å². The van der Waals surface area contributed by atoms with Crippen molar-refractivity contribution in [2.75, 3.05) is 13.2 Å². The average molecular weight is 521 g/mol. The zero-order valence-corrected chi connectivity index (χ0v) is 22.7. The molecule has 6 nitrogen and oxygen atoms in total. The standard InChI is InChI=1S/C32H40O6/c1-3-5-7-9-10-11-12-17-22-35-26-20-21-27-28(24-26)37-32(34)30(36-23-16-8-6-4-2)29(27)38-31(33)25-18-14-13-15-19-25/h6,8,13-15,18-21,24H,3-5,7,9-12,16-17,22-23H2,1-2H3. The molecule has 3 aromatic rings. The molecule has 1 heterocycles. The number of allylic oxidation sites excluding steroid dienone is 1. The first-order valence-corrected chi connectivity index (χ1v) is 13.9. The van der Waals surface area contributed by atoms with Crippen molar-refractivity contribution >= 4 is 16.9 Å². The molecule has 0 N–H and O–H groups in total. The first kappa shape index (κ1) is 29.0. The molecule has 0 amide bonds. The Morgan fingerprint density at radius 1 is 0.816 bits per heavy atom. The highest BCUT2D eigenvalue weighted by Crippen LogP contribution is 2.35. The fraction of sp³-hybridized carbons (Fsp3) is 0.438. The number of hydrogen-bond donors (Lipinski definition) is 0. The van der Waals surface area contributed by atoms with Gasteiger partial charge < -0.3 is 18.6 Å². The van der Waals surface area contributed by atoms with Crippen LogP contribution in [0.1, 0.15) is 88.4 Å². The number of esters is 1. The van der Waals surface area contributed by atoms with Crippen molar-refractivity contribution in [3.05, 3.63) is 76.7 Å². The van der Waals surface area contributed by atoms with Gasteiger partial charge in [0, 0.05) is 6.07 Å². The molecule has 0 spiro atoms. The van der Waals surface area contributed by atoms with E-state index in [0.717, 1.165) is 19.3 Å². The van der Waals surface area contributed by atoms with Gasteiger partial charge in [-0.15, -0.1) is 0 Å². The van der Waals surface area contributed by atoms with Crippen molar-refractivity contribution in [2.24, 2.45) is 0 Å². The molecule has 1 aromatic heterocycles. The summed E-state index contributed by atoms with van der Waals surface area (Å²) in [5, 5.41) is 0.465. The van der Waals surface area contributed by atoms with Gasteiger partial charge in [0.1, 0.15) is 11.3 Å². The Morgan fingerprint density at radius 2 is 1.55 bits per heavy atom. The lowest BCUT2D eigenvalue weighted by atomic mass is 10.1. The molecule has 204 valence electrons. The molecular formula is C32H40O6. The number of hydrogen-bond acceptors (Lipinski definition) is 6. The summed E-state index contributed by atoms with van der Waals surface area (Å²) >= 11 is 0. The van der Waals surface area contributed by atoms with Gasteiger partial charge in [-0.2, -0.15) is 0 Å². The summed E-state index contributed by atoms with van der Waals surface area (Å²) in [4.78, 5) is 25.7. The van der Waals surface area contributed by atoms with Crippen LogP contribution in [0.15, 0.2) is 69.9 Å². The van der Waals surface area contributed by atoms with E-state index in [4.69, 9.17) is 18.6 Å². The predicted octanol–water partition coefficient (Wildman–Crippen LogP) is 8.27. The van der Waals surface area contributed by atoms with Crippen LogP contribution in [0.5, 0.6) is 17.2 Å². The number of benzene rings is 2. The first-order chi connectivity index (χ1) is 18.6. The maximum Gasteiger partial charge on any atom is 0.383 e. The molecule has 3 rings (SSSR count). The SMILES string of the molecule is CCC=CCCOc1c(OC(=O)c2ccccc2)c2ccc(OCCCCCCCCCC)cc2oc1=O. The number of unbranched alkanes of at least 4 members (excludes halogenated alkanes) is 7. The zero-order valence-electron chi connectivity index (χ0n) is 22.7. The monoisotopic (exact) mass is 520 g/mol. The van der Waals surface area contributed by atoms with Gasteiger partial charge in [-0.3, -0.25) is 0 Å². The normalized spacial score (nSPS) is 11.2. The highest BCUT2D eigenvalue weighted by Gasteiger charge is 2.22. The molecule has 0 unspecified atom stereocenters. The van der Waals surface area contributed by atoms with Gasteiger partial charge in [0.25, 0.3) is 0 Å². The van der Waals surface area contributed by atoms with E-state index in [2.05, 4.69) is 6.92 Å². The lowest BCUT2D eigenvalue weighted by molar-refractivity contribution is 0.0729. The van der Waals surface area contributed by atoms with Crippen LogP contribution in [-0.4, -0.2) is 19.2 Å². The summed E-state index contributed by atoms with van der Waals surface area (Å²) in [5.74, 6) is -0.0379. The molecule has 0 radical (unpaired) electrons. The molecule has 0 aliphatic heterocycles. The largest absolute Gasteiger partial charge is 0.493 e. The van der Waals surface area contributed by atoms with E-state index in [1.807, 2.05) is 25.1 Å². The van der Waals surface area contributed by atoms with Crippen molar-refractivity contribution in [1.29, 1.82) is 0 Å². The predicted molar refractivity (Wildman–Crippen MR) is 152 cm³/mol. The van der Waals surface area contributed by atoms with Crippen molar-refractivity contribution < 1.29 is 23.4 Å². The van der Waals surface area contributed by atoms with Crippen molar-refractivity contribution in [3.63, 3.8) is 0 Å². The minimum atomic E-state index is -0.701. The van der Waals surface area contributed by atoms with Gasteiger partial charge >= 0.3 is 11.6 Å². The first-order valence-electron chi connectivity index (χ1n) is 13.9. The van der Waals surface area contributed by atoms with Gasteiger partial charge in [0.15, 0.2) is 5.75 Å². The van der Waals surface area contributed by atoms with Crippen LogP contribution < -0.4 is 19.8 Å². The van der Waals surface area contributed by atoms with Crippen LogP contribution in [0, 0.1) is 0 Å². The lowest BCUT2D eigenvalue weighted by Gasteiger charge is -2.13. The number of carbonyl (C=O) groups is 1. The fourth-order valence-electron chi connectivity index (χ4n) is 4.12. The van der Waals surface area contributed by atoms with Crippen LogP contribution in [0.2, 0.25) is 0 Å². The highest BCUT2D eigenvalue weighted by molar-refractivity contribution is 5.95. The van der Waals surface area contributed by atoms with E-state index in [-0.39, 0.29) is 23.7 Å². The van der Waals surface area contributed by atoms with Crippen LogP contribution in [-0.2, 0) is 0 Å². The Balaban J connectivity index is 1.72. The Morgan fingerprint density at radius 3 is 2.29 bits per heavy atom. The Kier molecular flexibility index (Phi) is 12.5. The summed E-state index contributed by atoms with van der Waals surface area (Å²) in [5.41, 5.74) is -0.0541. The molecule has 6 heteroatoms. The Labute approximate surface area is 225 Å². The van der Waals surface area contributed by atoms with Gasteiger partial charge in [-0.05, 0) is 43.5 Å². The smallest absolute Gasteiger partial charge is 0.383 e. The lowest BCUT2D eigenvalue weighted by Crippen LogP contribution is -2.15. The van der Waals surface area contributed by atoms with E-state index in [1.54, 1.807) is 42.5 Å². The van der Waals surface area contributed by atoms with E-state index < -0.39 is 11.6 Å². The van der Waals surface area contributed by atoms with Crippen LogP contribution in [0.25, 0.3) is 11.0 Å². The fourth-order valence-corrected chi connectivity index (χ4v) is 4.12. The summed E-state index contributed by atoms with van der Waals surface area (Å²) in [6.07, 6.45) is 15.3. The zero-order chi connectivity index (χ0) is 27.0. The van der Waals surface area contributed by atoms with Crippen molar-refractivity contribution in [1.82, 2.24) is 0 Å². The molecule has 0 saturated carbocycles. The van der Waals surface area contributed by atoms with E-state index in [9.17, 15) is 9.59 Å². The minimum Gasteiger partial charge on any atom is -0.493 e. The third-order valence-electron chi connectivity index (χ3n) is 6.20. The summed E-state index contributed by atoms with van der Waals surface area (Å²) < 4.78 is 23.0. The molecule has 0 atom stereocenters. The van der Waals surface area contributed by atoms with Gasteiger partial charge in [0.05, 0.1) is 24.2 Å². The van der Waals surface area contributed by atoms with Crippen LogP contribution in [0.3, 0.4) is 0 Å². The third-order valence-corrected chi connectivity index (χ3v) is 6.20. The molecule has 2 aromatic carbocycles. The molecule has 0 aliphatic rings. The van der Waals surface area contributed by atoms with Gasteiger partial charge in [0.2, 0.25) is 5.75 Å². The summed E-state index contributed by atoms with van der Waals surface area (Å²) in [6, 6.07) is 13.8. The number of rotatable bonds is 17. The second kappa shape index (κ2) is 16.3. The maximum atomic E-state index is 12.9. The molecule has 0 fully saturated rings. The highest BCUT2D eigenvalue weighted by atomic mass is 16.6. The number of ether oxygens (including phenoxy) is 3. The third kappa shape index (κ3) is 9.09. The van der Waals surface area contributed by atoms with Crippen molar-refractivity contribution in [2.45, 2.75) is 78.1 Å². The molecule has 38 heavy (non-hydrogen) atoms. The van der Waals surface area contributed by atoms with Gasteiger partial charge in [-0.25, -0.2) is 9.59 Å². The molecule has 0 saturated heterocycles. The van der Waals surface area contributed by atoms with E-state index in [0.29, 0.717) is 29.7 Å². The second-order valence-corrected chi connectivity index (χ2v) is 9.30. The summed E-state index contributed by atoms with van der Waals surface area (Å²) in [6.45, 7) is 5.12. The van der Waals surface area contributed by atoms with E-state index in [1.165, 1.54) is 38.5 Å². The Bertz CT molecular complexity index is 1210. The molecule has 0 bridgehead atoms. The maximum absolute atomic E-state index is 12.9. The second-order valence-electron chi connectivity index (χ2n) is 9.30. The van der Waals surface area contributed by atoms with E-state index >= 15 is 0 Å². The minimum absolute atomic E-state index is 0.0548. The van der Waals surface area contributed by atoms with Crippen LogP contribution in [0.4, 0.5) is 0 Å². The Hall–Kier alpha value is -3.54. The molecule has 0 aliphatic carbocycles. The van der Waals surface area contributed by atoms with Gasteiger partial charge in [-0.1, -0.05) is 89.1 Å². The number of carbonyl (C=O) groups excluding carboxylic acids is 1. The summed E-state index contributed by atoms with van der Waals surface area (Å²) in [7, 11) is 0. The average Bonchev–Trinajstić information content (AvgIpc) is 2.93. The van der Waals surface area contributed by atoms with Crippen LogP contribution >= 0.6 is 0 Å². The quantitative estimate of drug-likeness (QED) is 0.0772. The number of fused-ring (bicyclic) bond motifs is 1. The van der Waals surface area contributed by atoms with Crippen molar-refractivity contribution in [3.8, 4) is 17.2 Å².